The first-order valence-electron chi connectivity index (χ1n) is 11.4. The van der Waals surface area contributed by atoms with Crippen LogP contribution in [0.25, 0.3) is 28.0 Å². The smallest absolute Gasteiger partial charge is 0.301 e. The molecule has 0 bridgehead atoms. The first-order valence-corrected chi connectivity index (χ1v) is 11.8. The summed E-state index contributed by atoms with van der Waals surface area (Å²) >= 11 is 6.28. The summed E-state index contributed by atoms with van der Waals surface area (Å²) in [7, 11) is 0. The Hall–Kier alpha value is -3.30. The lowest BCUT2D eigenvalue weighted by atomic mass is 10.00. The van der Waals surface area contributed by atoms with Crippen LogP contribution in [0.1, 0.15) is 25.0 Å². The maximum absolute atomic E-state index is 13.6. The number of benzene rings is 1. The van der Waals surface area contributed by atoms with Crippen LogP contribution in [0.5, 0.6) is 0 Å². The van der Waals surface area contributed by atoms with Gasteiger partial charge in [-0.1, -0.05) is 18.0 Å². The van der Waals surface area contributed by atoms with E-state index in [2.05, 4.69) is 14.9 Å². The number of nitrogens with zero attached hydrogens (tertiary/aromatic N) is 5. The zero-order valence-corrected chi connectivity index (χ0v) is 19.6. The fraction of sp³-hybridized carbons (Fsp3) is 0.333. The van der Waals surface area contributed by atoms with E-state index >= 15 is 0 Å². The van der Waals surface area contributed by atoms with Gasteiger partial charge < -0.3 is 4.90 Å². The van der Waals surface area contributed by atoms with Gasteiger partial charge in [0, 0.05) is 17.8 Å². The second-order valence-corrected chi connectivity index (χ2v) is 9.04. The normalized spacial score (nSPS) is 14.7. The van der Waals surface area contributed by atoms with Crippen LogP contribution in [-0.4, -0.2) is 43.7 Å². The van der Waals surface area contributed by atoms with Crippen molar-refractivity contribution in [2.75, 3.05) is 25.4 Å². The van der Waals surface area contributed by atoms with Gasteiger partial charge in [0.25, 0.3) is 0 Å². The second-order valence-electron chi connectivity index (χ2n) is 8.65. The van der Waals surface area contributed by atoms with Crippen LogP contribution in [0.15, 0.2) is 41.2 Å². The molecule has 4 heterocycles. The molecule has 1 saturated heterocycles. The van der Waals surface area contributed by atoms with Crippen LogP contribution >= 0.6 is 11.6 Å². The predicted octanol–water partition coefficient (Wildman–Crippen LogP) is 3.21. The third-order valence-corrected chi connectivity index (χ3v) is 6.42. The van der Waals surface area contributed by atoms with E-state index in [1.807, 2.05) is 13.0 Å². The van der Waals surface area contributed by atoms with Crippen molar-refractivity contribution in [1.82, 2.24) is 24.1 Å². The van der Waals surface area contributed by atoms with Gasteiger partial charge in [0.15, 0.2) is 0 Å². The molecule has 0 atom stereocenters. The molecule has 0 spiro atoms. The highest BCUT2D eigenvalue weighted by Crippen LogP contribution is 2.33. The molecule has 34 heavy (non-hydrogen) atoms. The minimum Gasteiger partial charge on any atom is -0.301 e. The zero-order chi connectivity index (χ0) is 23.8. The van der Waals surface area contributed by atoms with Gasteiger partial charge in [-0.05, 0) is 74.8 Å². The average molecular weight is 483 g/mol. The first-order chi connectivity index (χ1) is 16.4. The Morgan fingerprint density at radius 2 is 1.82 bits per heavy atom. The van der Waals surface area contributed by atoms with Gasteiger partial charge in [-0.3, -0.25) is 5.73 Å². The molecule has 8 nitrogen and oxygen atoms in total. The Morgan fingerprint density at radius 3 is 2.53 bits per heavy atom. The van der Waals surface area contributed by atoms with E-state index in [-0.39, 0.29) is 17.5 Å². The number of nitrogens with two attached hydrogens (primary N) is 1. The van der Waals surface area contributed by atoms with E-state index in [9.17, 15) is 9.18 Å². The molecular formula is C24H26ClFN7O+. The van der Waals surface area contributed by atoms with Crippen LogP contribution in [0.4, 0.5) is 10.3 Å². The zero-order valence-electron chi connectivity index (χ0n) is 18.9. The third kappa shape index (κ3) is 4.28. The summed E-state index contributed by atoms with van der Waals surface area (Å²) in [5.41, 5.74) is 9.80. The van der Waals surface area contributed by atoms with E-state index in [1.165, 1.54) is 40.5 Å². The van der Waals surface area contributed by atoms with Crippen molar-refractivity contribution in [3.63, 3.8) is 0 Å². The van der Waals surface area contributed by atoms with Crippen LogP contribution in [0.2, 0.25) is 5.15 Å². The summed E-state index contributed by atoms with van der Waals surface area (Å²) < 4.78 is 16.5. The molecule has 1 aliphatic rings. The van der Waals surface area contributed by atoms with Crippen molar-refractivity contribution >= 4 is 23.2 Å². The molecule has 176 valence electrons. The standard InChI is InChI=1S/C24H25ClFN7O/c1-15-13-17(14-19(25)28-15)20-21(16-5-7-18(26)8-6-16)29-23(27)33-22(20)30-32(24(33)34)12-11-31-9-3-2-4-10-31/h5-8,13-14H,2-4,9-12H2,1H3,(H2,27,29)/p+1. The van der Waals surface area contributed by atoms with Crippen LogP contribution < -0.4 is 16.4 Å². The molecule has 5 rings (SSSR count). The van der Waals surface area contributed by atoms with Gasteiger partial charge in [-0.15, -0.1) is 9.50 Å². The maximum Gasteiger partial charge on any atom is 0.411 e. The predicted molar refractivity (Wildman–Crippen MR) is 129 cm³/mol. The number of rotatable bonds is 5. The number of aromatic amines is 1. The number of hydrogen-bond donors (Lipinski definition) is 1. The highest BCUT2D eigenvalue weighted by atomic mass is 35.5. The van der Waals surface area contributed by atoms with E-state index in [0.717, 1.165) is 30.9 Å². The highest BCUT2D eigenvalue weighted by molar-refractivity contribution is 6.29. The lowest BCUT2D eigenvalue weighted by molar-refractivity contribution is -0.351. The molecule has 0 saturated carbocycles. The summed E-state index contributed by atoms with van der Waals surface area (Å²) in [6.07, 6.45) is 3.60. The number of likely N-dealkylation sites (tertiary alicyclic amines) is 1. The number of hydrogen-bond acceptors (Lipinski definition) is 5. The van der Waals surface area contributed by atoms with E-state index in [4.69, 9.17) is 22.4 Å². The van der Waals surface area contributed by atoms with Crippen LogP contribution in [-0.2, 0) is 6.54 Å². The summed E-state index contributed by atoms with van der Waals surface area (Å²) in [6.45, 7) is 5.11. The fourth-order valence-corrected chi connectivity index (χ4v) is 4.84. The molecule has 10 heteroatoms. The molecule has 0 amide bonds. The molecule has 1 fully saturated rings. The summed E-state index contributed by atoms with van der Waals surface area (Å²) in [4.78, 5) is 23.0. The maximum atomic E-state index is 13.6. The molecule has 1 aliphatic heterocycles. The Kier molecular flexibility index (Phi) is 6.05. The summed E-state index contributed by atoms with van der Waals surface area (Å²) in [6, 6.07) is 9.65. The lowest BCUT2D eigenvalue weighted by Gasteiger charge is -2.25. The Balaban J connectivity index is 1.70. The van der Waals surface area contributed by atoms with Gasteiger partial charge in [-0.2, -0.15) is 4.68 Å². The van der Waals surface area contributed by atoms with Gasteiger partial charge >= 0.3 is 11.6 Å². The molecule has 0 aliphatic carbocycles. The minimum absolute atomic E-state index is 0.143. The Bertz CT molecular complexity index is 1390. The Morgan fingerprint density at radius 1 is 1.09 bits per heavy atom. The molecule has 3 N–H and O–H groups in total. The van der Waals surface area contributed by atoms with Crippen molar-refractivity contribution in [3.05, 3.63) is 63.5 Å². The number of anilines is 1. The number of aromatic nitrogens is 5. The number of H-pyrrole nitrogens is 1. The largest absolute Gasteiger partial charge is 0.411 e. The highest BCUT2D eigenvalue weighted by Gasteiger charge is 2.26. The molecule has 3 aromatic heterocycles. The van der Waals surface area contributed by atoms with Crippen LogP contribution in [0, 0.1) is 12.7 Å². The molecule has 0 unspecified atom stereocenters. The second kappa shape index (κ2) is 9.15. The number of halogens is 2. The summed E-state index contributed by atoms with van der Waals surface area (Å²) in [5, 5.41) is 5.02. The number of aryl methyl sites for hydroxylation is 1. The number of pyridine rings is 1. The molecule has 4 aromatic rings. The quantitative estimate of drug-likeness (QED) is 0.441. The van der Waals surface area contributed by atoms with Crippen molar-refractivity contribution in [1.29, 1.82) is 0 Å². The number of nitrogens with one attached hydrogen (secondary N) is 1. The van der Waals surface area contributed by atoms with E-state index in [1.54, 1.807) is 18.2 Å². The average Bonchev–Trinajstić information content (AvgIpc) is 3.14. The van der Waals surface area contributed by atoms with Crippen molar-refractivity contribution in [3.8, 4) is 22.4 Å². The van der Waals surface area contributed by atoms with Gasteiger partial charge in [0.1, 0.15) is 16.7 Å². The van der Waals surface area contributed by atoms with Crippen molar-refractivity contribution in [2.45, 2.75) is 32.7 Å². The molecule has 1 aromatic carbocycles. The molecule has 0 radical (unpaired) electrons. The van der Waals surface area contributed by atoms with E-state index < -0.39 is 0 Å². The first kappa shape index (κ1) is 22.5. The number of piperidine rings is 1. The lowest BCUT2D eigenvalue weighted by Crippen LogP contribution is -2.35. The summed E-state index contributed by atoms with van der Waals surface area (Å²) in [5.74, 6) is -0.204. The SMILES string of the molecule is Cc1cc(-c2c(-c3ccc(F)cc3)[nH+]c(N)n3c(=O)n(CCN4CCCCC4)nc23)cc(Cl)n1. The fourth-order valence-electron chi connectivity index (χ4n) is 4.59. The molecular weight excluding hydrogens is 457 g/mol. The van der Waals surface area contributed by atoms with Gasteiger partial charge in [0.05, 0.1) is 12.1 Å². The van der Waals surface area contributed by atoms with Gasteiger partial charge in [0.2, 0.25) is 5.65 Å². The third-order valence-electron chi connectivity index (χ3n) is 6.23. The van der Waals surface area contributed by atoms with Crippen LogP contribution in [0.3, 0.4) is 0 Å². The van der Waals surface area contributed by atoms with E-state index in [0.29, 0.717) is 34.2 Å². The van der Waals surface area contributed by atoms with Crippen molar-refractivity contribution in [2.24, 2.45) is 0 Å². The number of nitrogen functional groups attached to an aromatic ring is 1. The number of fused-ring (bicyclic) bond motifs is 1. The van der Waals surface area contributed by atoms with Gasteiger partial charge in [-0.25, -0.2) is 19.2 Å². The Labute approximate surface area is 200 Å². The monoisotopic (exact) mass is 482 g/mol. The van der Waals surface area contributed by atoms with Crippen molar-refractivity contribution < 1.29 is 9.37 Å². The topological polar surface area (TPSA) is 95.6 Å². The minimum atomic E-state index is -0.347.